The van der Waals surface area contributed by atoms with Gasteiger partial charge >= 0.3 is 17.9 Å². The van der Waals surface area contributed by atoms with Crippen molar-refractivity contribution in [3.63, 3.8) is 0 Å². The molecule has 14 heavy (non-hydrogen) atoms. The van der Waals surface area contributed by atoms with E-state index in [9.17, 15) is 14.4 Å². The molecule has 7 nitrogen and oxygen atoms in total. The summed E-state index contributed by atoms with van der Waals surface area (Å²) in [5.41, 5.74) is 0. The third-order valence-corrected chi connectivity index (χ3v) is 0.955. The second kappa shape index (κ2) is 7.99. The molecular weight excluding hydrogens is 196 g/mol. The molecule has 0 radical (unpaired) electrons. The summed E-state index contributed by atoms with van der Waals surface area (Å²) in [4.78, 5) is 28.8. The molecule has 7 heteroatoms. The van der Waals surface area contributed by atoms with Gasteiger partial charge in [0.1, 0.15) is 0 Å². The van der Waals surface area contributed by atoms with Gasteiger partial charge in [0.2, 0.25) is 0 Å². The van der Waals surface area contributed by atoms with Crippen LogP contribution in [0.25, 0.3) is 0 Å². The van der Waals surface area contributed by atoms with Crippen molar-refractivity contribution in [2.75, 3.05) is 0 Å². The van der Waals surface area contributed by atoms with Crippen molar-refractivity contribution >= 4 is 17.9 Å². The van der Waals surface area contributed by atoms with Crippen LogP contribution in [0.3, 0.4) is 0 Å². The van der Waals surface area contributed by atoms with Gasteiger partial charge in [-0.2, -0.15) is 0 Å². The lowest BCUT2D eigenvalue weighted by molar-refractivity contribution is -0.152. The molecule has 0 aliphatic carbocycles. The molecule has 0 aromatic heterocycles. The van der Waals surface area contributed by atoms with Crippen LogP contribution < -0.4 is 0 Å². The number of carboxylic acids is 3. The Bertz CT molecular complexity index is 210. The van der Waals surface area contributed by atoms with E-state index in [-0.39, 0.29) is 6.42 Å². The number of hydrogen-bond donors (Lipinski definition) is 4. The van der Waals surface area contributed by atoms with Crippen molar-refractivity contribution in [3.8, 4) is 0 Å². The summed E-state index contributed by atoms with van der Waals surface area (Å²) in [7, 11) is 0. The quantitative estimate of drug-likeness (QED) is 0.484. The molecular formula is C7H12O7. The molecule has 0 heterocycles. The molecule has 0 amide bonds. The number of aliphatic hydroxyl groups is 1. The first-order chi connectivity index (χ1) is 6.31. The van der Waals surface area contributed by atoms with Gasteiger partial charge in [-0.05, 0) is 0 Å². The number of hydrogen-bond acceptors (Lipinski definition) is 4. The van der Waals surface area contributed by atoms with Gasteiger partial charge < -0.3 is 20.4 Å². The van der Waals surface area contributed by atoms with Crippen molar-refractivity contribution in [1.82, 2.24) is 0 Å². The highest BCUT2D eigenvalue weighted by Crippen LogP contribution is 1.89. The van der Waals surface area contributed by atoms with E-state index in [0.29, 0.717) is 0 Å². The summed E-state index contributed by atoms with van der Waals surface area (Å²) >= 11 is 0. The summed E-state index contributed by atoms with van der Waals surface area (Å²) in [5, 5.41) is 31.9. The standard InChI is InChI=1S/C4H6O5.C3H6O2/c5-2(4(8)9)1-3(6)7;1-2-3(4)5/h2,5H,1H2,(H,6,7)(H,8,9);2H2,1H3,(H,4,5). The summed E-state index contributed by atoms with van der Waals surface area (Å²) in [5.74, 6) is -3.59. The van der Waals surface area contributed by atoms with E-state index in [1.54, 1.807) is 6.92 Å². The lowest BCUT2D eigenvalue weighted by Gasteiger charge is -1.97. The van der Waals surface area contributed by atoms with Crippen molar-refractivity contribution in [1.29, 1.82) is 0 Å². The topological polar surface area (TPSA) is 132 Å². The van der Waals surface area contributed by atoms with Crippen LogP contribution in [0, 0.1) is 0 Å². The van der Waals surface area contributed by atoms with Crippen LogP contribution in [-0.2, 0) is 14.4 Å². The average Bonchev–Trinajstić information content (AvgIpc) is 2.04. The Kier molecular flexibility index (Phi) is 8.49. The van der Waals surface area contributed by atoms with Crippen molar-refractivity contribution in [2.45, 2.75) is 25.9 Å². The van der Waals surface area contributed by atoms with Gasteiger partial charge in [-0.3, -0.25) is 9.59 Å². The molecule has 0 saturated carbocycles. The van der Waals surface area contributed by atoms with E-state index in [1.807, 2.05) is 0 Å². The fraction of sp³-hybridized carbons (Fsp3) is 0.571. The van der Waals surface area contributed by atoms with E-state index in [0.717, 1.165) is 0 Å². The molecule has 0 aromatic rings. The predicted octanol–water partition coefficient (Wildman–Crippen LogP) is -0.612. The number of aliphatic carboxylic acids is 3. The van der Waals surface area contributed by atoms with Gasteiger partial charge in [-0.25, -0.2) is 4.79 Å². The van der Waals surface area contributed by atoms with Crippen molar-refractivity contribution in [2.24, 2.45) is 0 Å². The van der Waals surface area contributed by atoms with Gasteiger partial charge in [0.25, 0.3) is 0 Å². The predicted molar refractivity (Wildman–Crippen MR) is 43.8 cm³/mol. The molecule has 0 bridgehead atoms. The number of carboxylic acid groups (broad SMARTS) is 3. The smallest absolute Gasteiger partial charge is 0.333 e. The van der Waals surface area contributed by atoms with Crippen LogP contribution in [0.1, 0.15) is 19.8 Å². The first-order valence-corrected chi connectivity index (χ1v) is 3.65. The normalized spacial score (nSPS) is 10.7. The molecule has 4 N–H and O–H groups in total. The minimum absolute atomic E-state index is 0.222. The molecule has 1 atom stereocenters. The highest BCUT2D eigenvalue weighted by Gasteiger charge is 2.16. The highest BCUT2D eigenvalue weighted by molar-refractivity contribution is 5.79. The summed E-state index contributed by atoms with van der Waals surface area (Å²) < 4.78 is 0. The minimum atomic E-state index is -1.79. The average molecular weight is 208 g/mol. The van der Waals surface area contributed by atoms with E-state index in [4.69, 9.17) is 20.4 Å². The van der Waals surface area contributed by atoms with Crippen molar-refractivity contribution < 1.29 is 34.8 Å². The number of carbonyl (C=O) groups is 3. The Labute approximate surface area is 79.6 Å². The fourth-order valence-electron chi connectivity index (χ4n) is 0.253. The van der Waals surface area contributed by atoms with E-state index in [2.05, 4.69) is 0 Å². The lowest BCUT2D eigenvalue weighted by Crippen LogP contribution is -2.22. The molecule has 1 unspecified atom stereocenters. The van der Waals surface area contributed by atoms with Crippen LogP contribution in [0.5, 0.6) is 0 Å². The Hall–Kier alpha value is -1.63. The minimum Gasteiger partial charge on any atom is -0.481 e. The zero-order valence-corrected chi connectivity index (χ0v) is 7.51. The van der Waals surface area contributed by atoms with E-state index in [1.165, 1.54) is 0 Å². The zero-order chi connectivity index (χ0) is 11.7. The Morgan fingerprint density at radius 1 is 1.07 bits per heavy atom. The van der Waals surface area contributed by atoms with Crippen LogP contribution in [0.15, 0.2) is 0 Å². The maximum Gasteiger partial charge on any atom is 0.333 e. The van der Waals surface area contributed by atoms with Gasteiger partial charge in [0.05, 0.1) is 6.42 Å². The van der Waals surface area contributed by atoms with Gasteiger partial charge in [0, 0.05) is 6.42 Å². The van der Waals surface area contributed by atoms with E-state index < -0.39 is 30.4 Å². The van der Waals surface area contributed by atoms with Crippen LogP contribution >= 0.6 is 0 Å². The van der Waals surface area contributed by atoms with E-state index >= 15 is 0 Å². The number of aliphatic hydroxyl groups excluding tert-OH is 1. The van der Waals surface area contributed by atoms with Crippen LogP contribution in [0.2, 0.25) is 0 Å². The highest BCUT2D eigenvalue weighted by atomic mass is 16.4. The fourth-order valence-corrected chi connectivity index (χ4v) is 0.253. The summed E-state index contributed by atoms with van der Waals surface area (Å²) in [6.45, 7) is 1.60. The van der Waals surface area contributed by atoms with Crippen LogP contribution in [0.4, 0.5) is 0 Å². The molecule has 0 fully saturated rings. The van der Waals surface area contributed by atoms with Crippen LogP contribution in [-0.4, -0.2) is 44.4 Å². The van der Waals surface area contributed by atoms with Crippen molar-refractivity contribution in [3.05, 3.63) is 0 Å². The van der Waals surface area contributed by atoms with Gasteiger partial charge in [0.15, 0.2) is 6.10 Å². The monoisotopic (exact) mass is 208 g/mol. The first-order valence-electron chi connectivity index (χ1n) is 3.65. The molecule has 0 spiro atoms. The lowest BCUT2D eigenvalue weighted by atomic mass is 10.3. The molecule has 0 saturated heterocycles. The Balaban J connectivity index is 0. The third kappa shape index (κ3) is 13.0. The zero-order valence-electron chi connectivity index (χ0n) is 7.51. The second-order valence-corrected chi connectivity index (χ2v) is 2.20. The maximum absolute atomic E-state index is 9.72. The molecule has 82 valence electrons. The molecule has 0 aliphatic heterocycles. The largest absolute Gasteiger partial charge is 0.481 e. The Morgan fingerprint density at radius 3 is 1.50 bits per heavy atom. The first kappa shape index (κ1) is 14.9. The second-order valence-electron chi connectivity index (χ2n) is 2.20. The molecule has 0 rings (SSSR count). The summed E-state index contributed by atoms with van der Waals surface area (Å²) in [6.07, 6.45) is -2.32. The van der Waals surface area contributed by atoms with Gasteiger partial charge in [-0.1, -0.05) is 6.92 Å². The Morgan fingerprint density at radius 2 is 1.43 bits per heavy atom. The molecule has 0 aromatic carbocycles. The summed E-state index contributed by atoms with van der Waals surface area (Å²) in [6, 6.07) is 0. The maximum atomic E-state index is 9.72. The number of rotatable bonds is 4. The SMILES string of the molecule is CCC(=O)O.O=C(O)CC(O)C(=O)O. The van der Waals surface area contributed by atoms with Gasteiger partial charge in [-0.15, -0.1) is 0 Å². The molecule has 0 aliphatic rings. The third-order valence-electron chi connectivity index (χ3n) is 0.955.